The molecule has 7 heteroatoms. The van der Waals surface area contributed by atoms with Crippen molar-refractivity contribution in [3.8, 4) is 10.4 Å². The van der Waals surface area contributed by atoms with E-state index in [2.05, 4.69) is 57.7 Å². The summed E-state index contributed by atoms with van der Waals surface area (Å²) in [5, 5.41) is 6.68. The molecule has 2 heterocycles. The number of fused-ring (bicyclic) bond motifs is 2. The van der Waals surface area contributed by atoms with Gasteiger partial charge in [-0.25, -0.2) is 9.78 Å². The molecule has 31 heavy (non-hydrogen) atoms. The van der Waals surface area contributed by atoms with Crippen LogP contribution in [0.25, 0.3) is 32.2 Å². The van der Waals surface area contributed by atoms with Crippen molar-refractivity contribution in [2.24, 2.45) is 12.8 Å². The van der Waals surface area contributed by atoms with E-state index in [1.165, 1.54) is 16.3 Å². The first kappa shape index (κ1) is 19.5. The Morgan fingerprint density at radius 2 is 1.97 bits per heavy atom. The zero-order chi connectivity index (χ0) is 21.4. The van der Waals surface area contributed by atoms with E-state index in [1.807, 2.05) is 24.4 Å². The summed E-state index contributed by atoms with van der Waals surface area (Å²) in [6.45, 7) is 0.644. The van der Waals surface area contributed by atoms with E-state index in [1.54, 1.807) is 23.0 Å². The summed E-state index contributed by atoms with van der Waals surface area (Å²) in [4.78, 5) is 20.2. The van der Waals surface area contributed by atoms with Gasteiger partial charge in [-0.2, -0.15) is 0 Å². The number of benzene rings is 3. The lowest BCUT2D eigenvalue weighted by Crippen LogP contribution is -2.31. The Morgan fingerprint density at radius 1 is 1.13 bits per heavy atom. The number of rotatable bonds is 6. The molecular weight excluding hydrogens is 406 g/mol. The number of aromatic nitrogens is 3. The second kappa shape index (κ2) is 8.02. The van der Waals surface area contributed by atoms with Crippen LogP contribution in [0.3, 0.4) is 0 Å². The number of H-pyrrole nitrogens is 1. The van der Waals surface area contributed by atoms with Crippen molar-refractivity contribution in [3.05, 3.63) is 82.9 Å². The van der Waals surface area contributed by atoms with Gasteiger partial charge in [-0.05, 0) is 40.5 Å². The van der Waals surface area contributed by atoms with E-state index in [0.29, 0.717) is 6.54 Å². The Morgan fingerprint density at radius 3 is 2.84 bits per heavy atom. The molecule has 0 unspecified atom stereocenters. The molecule has 0 saturated heterocycles. The van der Waals surface area contributed by atoms with Gasteiger partial charge in [0.2, 0.25) is 0 Å². The molecule has 0 bridgehead atoms. The zero-order valence-electron chi connectivity index (χ0n) is 17.1. The van der Waals surface area contributed by atoms with Crippen molar-refractivity contribution in [2.45, 2.75) is 12.5 Å². The Hall–Kier alpha value is -3.42. The molecule has 0 spiro atoms. The molecule has 0 radical (unpaired) electrons. The molecule has 0 saturated carbocycles. The first-order chi connectivity index (χ1) is 15.1. The number of aromatic amines is 1. The smallest absolute Gasteiger partial charge is 0.326 e. The summed E-state index contributed by atoms with van der Waals surface area (Å²) in [6, 6.07) is 20.8. The largest absolute Gasteiger partial charge is 0.360 e. The minimum Gasteiger partial charge on any atom is -0.360 e. The van der Waals surface area contributed by atoms with Gasteiger partial charge >= 0.3 is 5.69 Å². The van der Waals surface area contributed by atoms with Crippen LogP contribution in [0.1, 0.15) is 5.56 Å². The quantitative estimate of drug-likeness (QED) is 0.379. The average Bonchev–Trinajstić information content (AvgIpc) is 3.37. The van der Waals surface area contributed by atoms with Gasteiger partial charge in [-0.15, -0.1) is 0 Å². The lowest BCUT2D eigenvalue weighted by molar-refractivity contribution is 0.699. The van der Waals surface area contributed by atoms with Crippen LogP contribution in [-0.4, -0.2) is 27.1 Å². The third kappa shape index (κ3) is 3.97. The number of nitrogens with two attached hydrogens (primary N) is 1. The molecule has 5 aromatic rings. The summed E-state index contributed by atoms with van der Waals surface area (Å²) in [5.41, 5.74) is 10.2. The Bertz CT molecular complexity index is 1430. The number of hydrogen-bond donors (Lipinski definition) is 3. The minimum atomic E-state index is -0.112. The van der Waals surface area contributed by atoms with Crippen LogP contribution in [0.4, 0.5) is 5.13 Å². The first-order valence-electron chi connectivity index (χ1n) is 10.2. The molecule has 3 aromatic carbocycles. The van der Waals surface area contributed by atoms with Crippen LogP contribution >= 0.6 is 11.3 Å². The molecule has 4 N–H and O–H groups in total. The normalized spacial score (nSPS) is 12.5. The number of aryl methyl sites for hydroxylation is 1. The fourth-order valence-electron chi connectivity index (χ4n) is 3.82. The molecule has 0 aliphatic carbocycles. The van der Waals surface area contributed by atoms with Gasteiger partial charge in [0, 0.05) is 25.8 Å². The summed E-state index contributed by atoms with van der Waals surface area (Å²) in [5.74, 6) is 0. The van der Waals surface area contributed by atoms with Gasteiger partial charge in [0.05, 0.1) is 15.9 Å². The van der Waals surface area contributed by atoms with Gasteiger partial charge in [0.15, 0.2) is 5.13 Å². The summed E-state index contributed by atoms with van der Waals surface area (Å²) in [7, 11) is 1.77. The van der Waals surface area contributed by atoms with Crippen LogP contribution in [0.2, 0.25) is 0 Å². The second-order valence-corrected chi connectivity index (χ2v) is 8.81. The highest BCUT2D eigenvalue weighted by Crippen LogP contribution is 2.30. The van der Waals surface area contributed by atoms with Crippen molar-refractivity contribution < 1.29 is 0 Å². The van der Waals surface area contributed by atoms with Crippen LogP contribution < -0.4 is 16.7 Å². The first-order valence-corrected chi connectivity index (χ1v) is 11.0. The van der Waals surface area contributed by atoms with Crippen molar-refractivity contribution >= 4 is 38.3 Å². The third-order valence-corrected chi connectivity index (χ3v) is 6.53. The maximum atomic E-state index is 11.8. The molecule has 0 fully saturated rings. The molecule has 0 aliphatic heterocycles. The molecule has 0 aliphatic rings. The van der Waals surface area contributed by atoms with Crippen LogP contribution in [0.5, 0.6) is 0 Å². The summed E-state index contributed by atoms with van der Waals surface area (Å²) < 4.78 is 1.62. The summed E-state index contributed by atoms with van der Waals surface area (Å²) in [6.07, 6.45) is 2.65. The van der Waals surface area contributed by atoms with Crippen molar-refractivity contribution in [2.75, 3.05) is 11.9 Å². The fourth-order valence-corrected chi connectivity index (χ4v) is 4.64. The van der Waals surface area contributed by atoms with Crippen molar-refractivity contribution in [1.29, 1.82) is 0 Å². The lowest BCUT2D eigenvalue weighted by atomic mass is 10.0. The van der Waals surface area contributed by atoms with Crippen LogP contribution in [0, 0.1) is 0 Å². The maximum Gasteiger partial charge on any atom is 0.326 e. The standard InChI is InChI=1S/C24H23N5OS/c1-29-21-12-18(8-9-20(21)28-24(29)30)22-14-27-23(31-22)26-13-19(25)11-15-6-7-16-4-2-3-5-17(16)10-15/h2-10,12,14,19H,11,13,25H2,1H3,(H,26,27)(H,28,30)/t19-/m0/s1. The molecular formula is C24H23N5OS. The summed E-state index contributed by atoms with van der Waals surface area (Å²) >= 11 is 1.58. The fraction of sp³-hybridized carbons (Fsp3) is 0.167. The number of hydrogen-bond acceptors (Lipinski definition) is 5. The van der Waals surface area contributed by atoms with Gasteiger partial charge in [-0.1, -0.05) is 59.9 Å². The molecule has 5 rings (SSSR count). The highest BCUT2D eigenvalue weighted by atomic mass is 32.1. The minimum absolute atomic E-state index is 0.0146. The topological polar surface area (TPSA) is 88.7 Å². The number of nitrogens with zero attached hydrogens (tertiary/aromatic N) is 2. The van der Waals surface area contributed by atoms with E-state index in [4.69, 9.17) is 5.73 Å². The monoisotopic (exact) mass is 429 g/mol. The Labute approximate surface area is 183 Å². The number of anilines is 1. The third-order valence-electron chi connectivity index (χ3n) is 5.52. The van der Waals surface area contributed by atoms with Gasteiger partial charge in [0.1, 0.15) is 0 Å². The van der Waals surface area contributed by atoms with E-state index < -0.39 is 0 Å². The van der Waals surface area contributed by atoms with Crippen LogP contribution in [-0.2, 0) is 13.5 Å². The highest BCUT2D eigenvalue weighted by molar-refractivity contribution is 7.18. The van der Waals surface area contributed by atoms with Crippen molar-refractivity contribution in [3.63, 3.8) is 0 Å². The molecule has 0 amide bonds. The van der Waals surface area contributed by atoms with E-state index in [-0.39, 0.29) is 11.7 Å². The molecule has 6 nitrogen and oxygen atoms in total. The number of imidazole rings is 1. The zero-order valence-corrected chi connectivity index (χ0v) is 17.9. The lowest BCUT2D eigenvalue weighted by Gasteiger charge is -2.13. The highest BCUT2D eigenvalue weighted by Gasteiger charge is 2.10. The Kier molecular flexibility index (Phi) is 5.05. The second-order valence-electron chi connectivity index (χ2n) is 7.78. The van der Waals surface area contributed by atoms with E-state index in [9.17, 15) is 4.79 Å². The molecule has 2 aromatic heterocycles. The average molecular weight is 430 g/mol. The molecule has 1 atom stereocenters. The predicted octanol–water partition coefficient (Wildman–Crippen LogP) is 4.13. The Balaban J connectivity index is 1.25. The SMILES string of the molecule is Cn1c(=O)[nH]c2ccc(-c3cnc(NC[C@@H](N)Cc4ccc5ccccc5c4)s3)cc21. The van der Waals surface area contributed by atoms with Gasteiger partial charge in [-0.3, -0.25) is 4.57 Å². The molecule has 156 valence electrons. The van der Waals surface area contributed by atoms with Crippen molar-refractivity contribution in [1.82, 2.24) is 14.5 Å². The van der Waals surface area contributed by atoms with E-state index in [0.717, 1.165) is 33.0 Å². The van der Waals surface area contributed by atoms with E-state index >= 15 is 0 Å². The van der Waals surface area contributed by atoms with Crippen LogP contribution in [0.15, 0.2) is 71.7 Å². The number of thiazole rings is 1. The number of nitrogens with one attached hydrogen (secondary N) is 2. The maximum absolute atomic E-state index is 11.8. The van der Waals surface area contributed by atoms with Gasteiger partial charge in [0.25, 0.3) is 0 Å². The van der Waals surface area contributed by atoms with Gasteiger partial charge < -0.3 is 16.0 Å². The predicted molar refractivity (Wildman–Crippen MR) is 129 cm³/mol.